The Bertz CT molecular complexity index is 912. The molecule has 7 nitrogen and oxygen atoms in total. The first-order chi connectivity index (χ1) is 12.2. The minimum Gasteiger partial charge on any atom is -0.492 e. The number of hydrogen-bond acceptors (Lipinski definition) is 4. The fourth-order valence-corrected chi connectivity index (χ4v) is 5.22. The van der Waals surface area contributed by atoms with E-state index in [4.69, 9.17) is 4.74 Å². The fourth-order valence-electron chi connectivity index (χ4n) is 3.47. The highest BCUT2D eigenvalue weighted by atomic mass is 32.2. The number of nitrogens with zero attached hydrogens (tertiary/aromatic N) is 1. The van der Waals surface area contributed by atoms with Crippen molar-refractivity contribution in [1.29, 1.82) is 0 Å². The predicted octanol–water partition coefficient (Wildman–Crippen LogP) is 1.89. The van der Waals surface area contributed by atoms with Crippen LogP contribution in [0.25, 0.3) is 0 Å². The molecule has 1 aliphatic carbocycles. The van der Waals surface area contributed by atoms with Crippen LogP contribution in [0.1, 0.15) is 19.8 Å². The highest BCUT2D eigenvalue weighted by Crippen LogP contribution is 2.37. The monoisotopic (exact) mass is 385 g/mol. The van der Waals surface area contributed by atoms with Gasteiger partial charge in [0.1, 0.15) is 16.8 Å². The summed E-state index contributed by atoms with van der Waals surface area (Å²) in [4.78, 5) is 13.9. The van der Waals surface area contributed by atoms with Gasteiger partial charge >= 0.3 is 6.03 Å². The fraction of sp³-hybridized carbons (Fsp3) is 0.438. The molecule has 5 rings (SSSR count). The topological polar surface area (TPSA) is 87.7 Å². The van der Waals surface area contributed by atoms with Crippen molar-refractivity contribution in [2.24, 2.45) is 0 Å². The molecule has 0 spiro atoms. The average Bonchev–Trinajstić information content (AvgIpc) is 2.84. The Morgan fingerprint density at radius 2 is 2.04 bits per heavy atom. The summed E-state index contributed by atoms with van der Waals surface area (Å²) in [7, 11) is -3.76. The van der Waals surface area contributed by atoms with Crippen LogP contribution >= 0.6 is 0 Å². The summed E-state index contributed by atoms with van der Waals surface area (Å²) in [6.45, 7) is 1.58. The SMILES string of the molecule is CC1C2=C(CN1C(=O)Nc1ccc(F)c(F)c1)OC1CC(C1)NS2(=O)=O. The van der Waals surface area contributed by atoms with E-state index >= 15 is 0 Å². The first-order valence-corrected chi connectivity index (χ1v) is 9.67. The first-order valence-electron chi connectivity index (χ1n) is 8.19. The van der Waals surface area contributed by atoms with Gasteiger partial charge in [0, 0.05) is 30.6 Å². The zero-order chi connectivity index (χ0) is 18.6. The van der Waals surface area contributed by atoms with Gasteiger partial charge in [0.25, 0.3) is 0 Å². The molecule has 140 valence electrons. The van der Waals surface area contributed by atoms with Crippen molar-refractivity contribution in [2.45, 2.75) is 38.0 Å². The summed E-state index contributed by atoms with van der Waals surface area (Å²) < 4.78 is 59.9. The van der Waals surface area contributed by atoms with Crippen LogP contribution in [0.3, 0.4) is 0 Å². The minimum absolute atomic E-state index is 0.00587. The number of nitrogens with one attached hydrogen (secondary N) is 2. The second-order valence-electron chi connectivity index (χ2n) is 6.68. The van der Waals surface area contributed by atoms with Gasteiger partial charge in [-0.05, 0) is 19.1 Å². The molecule has 3 heterocycles. The van der Waals surface area contributed by atoms with Gasteiger partial charge in [-0.1, -0.05) is 0 Å². The molecule has 1 atom stereocenters. The number of ether oxygens (including phenoxy) is 1. The van der Waals surface area contributed by atoms with Crippen molar-refractivity contribution >= 4 is 21.7 Å². The largest absolute Gasteiger partial charge is 0.492 e. The molecule has 4 aliphatic rings. The lowest BCUT2D eigenvalue weighted by Gasteiger charge is -2.38. The third-order valence-corrected chi connectivity index (χ3v) is 6.67. The van der Waals surface area contributed by atoms with Gasteiger partial charge in [0.2, 0.25) is 10.0 Å². The van der Waals surface area contributed by atoms with E-state index in [9.17, 15) is 22.0 Å². The van der Waals surface area contributed by atoms with Crippen LogP contribution < -0.4 is 10.0 Å². The van der Waals surface area contributed by atoms with Crippen molar-refractivity contribution in [3.63, 3.8) is 0 Å². The van der Waals surface area contributed by atoms with Crippen molar-refractivity contribution in [2.75, 3.05) is 11.9 Å². The molecule has 2 amide bonds. The maximum atomic E-state index is 13.3. The molecular weight excluding hydrogens is 368 g/mol. The van der Waals surface area contributed by atoms with E-state index in [1.165, 1.54) is 11.0 Å². The molecule has 10 heteroatoms. The number of fused-ring (bicyclic) bond motifs is 1. The van der Waals surface area contributed by atoms with Gasteiger partial charge in [-0.25, -0.2) is 26.7 Å². The number of amides is 2. The molecule has 0 radical (unpaired) electrons. The summed E-state index contributed by atoms with van der Waals surface area (Å²) >= 11 is 0. The maximum absolute atomic E-state index is 13.3. The van der Waals surface area contributed by atoms with Gasteiger partial charge in [-0.3, -0.25) is 0 Å². The van der Waals surface area contributed by atoms with Gasteiger partial charge in [0.05, 0.1) is 12.6 Å². The average molecular weight is 385 g/mol. The lowest BCUT2D eigenvalue weighted by Crippen LogP contribution is -2.50. The third kappa shape index (κ3) is 2.82. The molecule has 0 saturated heterocycles. The summed E-state index contributed by atoms with van der Waals surface area (Å²) in [5, 5.41) is 2.46. The minimum atomic E-state index is -3.76. The Kier molecular flexibility index (Phi) is 3.92. The van der Waals surface area contributed by atoms with E-state index in [1.54, 1.807) is 6.92 Å². The van der Waals surface area contributed by atoms with Gasteiger partial charge in [-0.2, -0.15) is 0 Å². The van der Waals surface area contributed by atoms with Crippen molar-refractivity contribution in [3.05, 3.63) is 40.5 Å². The van der Waals surface area contributed by atoms with Gasteiger partial charge in [0.15, 0.2) is 11.6 Å². The summed E-state index contributed by atoms with van der Waals surface area (Å²) in [6.07, 6.45) is 1.14. The lowest BCUT2D eigenvalue weighted by molar-refractivity contribution is 0.0283. The number of anilines is 1. The summed E-state index contributed by atoms with van der Waals surface area (Å²) in [5.41, 5.74) is 0.0737. The van der Waals surface area contributed by atoms with Crippen molar-refractivity contribution in [3.8, 4) is 0 Å². The Morgan fingerprint density at radius 1 is 1.31 bits per heavy atom. The number of sulfonamides is 1. The van der Waals surface area contributed by atoms with Gasteiger partial charge < -0.3 is 15.0 Å². The third-order valence-electron chi connectivity index (χ3n) is 4.88. The van der Waals surface area contributed by atoms with Crippen LogP contribution in [0.15, 0.2) is 28.9 Å². The van der Waals surface area contributed by atoms with E-state index in [1.807, 2.05) is 0 Å². The van der Waals surface area contributed by atoms with Crippen molar-refractivity contribution < 1.29 is 26.7 Å². The molecule has 26 heavy (non-hydrogen) atoms. The standard InChI is InChI=1S/C16H17F2N3O4S/c1-8-15-14(25-11-4-10(5-11)20-26(15,23)24)7-21(8)16(22)19-9-2-3-12(17)13(18)6-9/h2-3,6,8,10-11,20H,4-5,7H2,1H3,(H,19,22). The summed E-state index contributed by atoms with van der Waals surface area (Å²) in [6, 6.07) is 1.48. The maximum Gasteiger partial charge on any atom is 0.322 e. The van der Waals surface area contributed by atoms with E-state index in [-0.39, 0.29) is 35.0 Å². The van der Waals surface area contributed by atoms with Crippen LogP contribution in [-0.2, 0) is 14.8 Å². The number of halogens is 2. The van der Waals surface area contributed by atoms with Gasteiger partial charge in [-0.15, -0.1) is 0 Å². The molecule has 2 N–H and O–H groups in total. The second kappa shape index (κ2) is 5.92. The Balaban J connectivity index is 1.56. The Morgan fingerprint density at radius 3 is 2.73 bits per heavy atom. The smallest absolute Gasteiger partial charge is 0.322 e. The second-order valence-corrected chi connectivity index (χ2v) is 8.36. The van der Waals surface area contributed by atoms with E-state index < -0.39 is 33.7 Å². The van der Waals surface area contributed by atoms with Crippen LogP contribution in [0.2, 0.25) is 0 Å². The van der Waals surface area contributed by atoms with Crippen LogP contribution in [0.4, 0.5) is 19.3 Å². The van der Waals surface area contributed by atoms with E-state index in [0.717, 1.165) is 12.1 Å². The number of urea groups is 1. The predicted molar refractivity (Wildman–Crippen MR) is 88.5 cm³/mol. The molecular formula is C16H17F2N3O4S. The lowest BCUT2D eigenvalue weighted by atomic mass is 9.90. The zero-order valence-corrected chi connectivity index (χ0v) is 14.6. The first kappa shape index (κ1) is 17.2. The van der Waals surface area contributed by atoms with Crippen molar-refractivity contribution in [1.82, 2.24) is 9.62 Å². The Hall–Kier alpha value is -2.20. The van der Waals surface area contributed by atoms with E-state index in [2.05, 4.69) is 10.0 Å². The summed E-state index contributed by atoms with van der Waals surface area (Å²) in [5.74, 6) is -1.85. The molecule has 3 aliphatic heterocycles. The highest BCUT2D eigenvalue weighted by Gasteiger charge is 2.47. The molecule has 1 aromatic rings. The normalized spacial score (nSPS) is 29.2. The van der Waals surface area contributed by atoms with Crippen LogP contribution in [-0.4, -0.2) is 44.1 Å². The Labute approximate surface area is 149 Å². The zero-order valence-electron chi connectivity index (χ0n) is 13.8. The quantitative estimate of drug-likeness (QED) is 0.773. The molecule has 1 aromatic carbocycles. The molecule has 2 bridgehead atoms. The number of carbonyl (C=O) groups excluding carboxylic acids is 1. The number of benzene rings is 1. The number of rotatable bonds is 1. The number of carbonyl (C=O) groups is 1. The molecule has 1 saturated carbocycles. The molecule has 1 unspecified atom stereocenters. The van der Waals surface area contributed by atoms with E-state index in [0.29, 0.717) is 12.8 Å². The van der Waals surface area contributed by atoms with Crippen LogP contribution in [0, 0.1) is 11.6 Å². The van der Waals surface area contributed by atoms with Crippen LogP contribution in [0.5, 0.6) is 0 Å². The highest BCUT2D eigenvalue weighted by molar-refractivity contribution is 7.93. The molecule has 1 fully saturated rings. The molecule has 0 aromatic heterocycles. The number of hydrogen-bond donors (Lipinski definition) is 2.